The quantitative estimate of drug-likeness (QED) is 0.488. The first-order valence-corrected chi connectivity index (χ1v) is 7.59. The van der Waals surface area contributed by atoms with E-state index in [2.05, 4.69) is 33.2 Å². The Morgan fingerprint density at radius 1 is 0.696 bits per heavy atom. The van der Waals surface area contributed by atoms with Crippen molar-refractivity contribution in [2.45, 2.75) is 0 Å². The highest BCUT2D eigenvalue weighted by atomic mass is 35.5. The van der Waals surface area contributed by atoms with Gasteiger partial charge in [0.05, 0.1) is 5.52 Å². The molecule has 4 rings (SSSR count). The summed E-state index contributed by atoms with van der Waals surface area (Å²) in [7, 11) is 0. The van der Waals surface area contributed by atoms with Crippen molar-refractivity contribution >= 4 is 22.5 Å². The van der Waals surface area contributed by atoms with E-state index >= 15 is 0 Å². The highest BCUT2D eigenvalue weighted by Gasteiger charge is 2.05. The first kappa shape index (κ1) is 13.9. The maximum atomic E-state index is 5.98. The van der Waals surface area contributed by atoms with Crippen molar-refractivity contribution in [3.8, 4) is 22.3 Å². The number of aromatic nitrogens is 3. The fourth-order valence-corrected chi connectivity index (χ4v) is 2.74. The molecule has 0 bridgehead atoms. The van der Waals surface area contributed by atoms with E-state index in [0.717, 1.165) is 33.2 Å². The van der Waals surface area contributed by atoms with E-state index in [1.54, 1.807) is 6.20 Å². The number of nitrogens with zero attached hydrogens (tertiary/aromatic N) is 3. The third kappa shape index (κ3) is 2.79. The Bertz CT molecular complexity index is 998. The average molecular weight is 318 g/mol. The normalized spacial score (nSPS) is 10.8. The molecule has 0 aliphatic carbocycles. The lowest BCUT2D eigenvalue weighted by Gasteiger charge is -2.06. The molecule has 0 aliphatic rings. The van der Waals surface area contributed by atoms with Crippen LogP contribution >= 0.6 is 11.6 Å². The van der Waals surface area contributed by atoms with Crippen LogP contribution in [-0.4, -0.2) is 15.0 Å². The fraction of sp³-hybridized carbons (Fsp3) is 0. The minimum Gasteiger partial charge on any atom is -0.263 e. The summed E-state index contributed by atoms with van der Waals surface area (Å²) in [4.78, 5) is 12.9. The van der Waals surface area contributed by atoms with Crippen LogP contribution in [0.4, 0.5) is 0 Å². The number of halogens is 1. The number of hydrogen-bond acceptors (Lipinski definition) is 3. The minimum absolute atomic E-state index is 0.472. The number of pyridine rings is 3. The van der Waals surface area contributed by atoms with Crippen molar-refractivity contribution < 1.29 is 0 Å². The maximum absolute atomic E-state index is 5.98. The van der Waals surface area contributed by atoms with Crippen LogP contribution in [0, 0.1) is 0 Å². The molecule has 0 saturated carbocycles. The summed E-state index contributed by atoms with van der Waals surface area (Å²) in [6, 6.07) is 16.0. The molecule has 0 N–H and O–H groups in total. The van der Waals surface area contributed by atoms with Crippen molar-refractivity contribution in [1.82, 2.24) is 15.0 Å². The van der Waals surface area contributed by atoms with Crippen LogP contribution in [0.3, 0.4) is 0 Å². The third-order valence-electron chi connectivity index (χ3n) is 3.72. The van der Waals surface area contributed by atoms with Crippen molar-refractivity contribution in [3.63, 3.8) is 0 Å². The Kier molecular flexibility index (Phi) is 3.48. The highest BCUT2D eigenvalue weighted by Crippen LogP contribution is 2.27. The molecule has 3 aromatic heterocycles. The summed E-state index contributed by atoms with van der Waals surface area (Å²) in [6.07, 6.45) is 7.24. The van der Waals surface area contributed by atoms with Gasteiger partial charge in [0.1, 0.15) is 5.15 Å². The zero-order chi connectivity index (χ0) is 15.6. The molecule has 0 radical (unpaired) electrons. The molecule has 3 heterocycles. The molecular weight excluding hydrogens is 306 g/mol. The van der Waals surface area contributed by atoms with Gasteiger partial charge in [-0.2, -0.15) is 0 Å². The second-order valence-corrected chi connectivity index (χ2v) is 5.63. The van der Waals surface area contributed by atoms with E-state index in [1.165, 1.54) is 0 Å². The van der Waals surface area contributed by atoms with Gasteiger partial charge in [0.25, 0.3) is 0 Å². The molecule has 0 atom stereocenters. The summed E-state index contributed by atoms with van der Waals surface area (Å²) in [6.45, 7) is 0. The molecule has 1 aromatic carbocycles. The molecule has 4 heteroatoms. The summed E-state index contributed by atoms with van der Waals surface area (Å²) < 4.78 is 0. The topological polar surface area (TPSA) is 38.7 Å². The molecule has 23 heavy (non-hydrogen) atoms. The monoisotopic (exact) mass is 317 g/mol. The second-order valence-electron chi connectivity index (χ2n) is 5.25. The van der Waals surface area contributed by atoms with Crippen LogP contribution < -0.4 is 0 Å². The van der Waals surface area contributed by atoms with Gasteiger partial charge in [-0.1, -0.05) is 29.8 Å². The van der Waals surface area contributed by atoms with E-state index in [9.17, 15) is 0 Å². The van der Waals surface area contributed by atoms with Gasteiger partial charge in [-0.25, -0.2) is 4.98 Å². The Hall–Kier alpha value is -2.78. The van der Waals surface area contributed by atoms with Gasteiger partial charge < -0.3 is 0 Å². The third-order valence-corrected chi connectivity index (χ3v) is 3.93. The molecule has 0 saturated heterocycles. The zero-order valence-corrected chi connectivity index (χ0v) is 12.9. The maximum Gasteiger partial charge on any atom is 0.129 e. The van der Waals surface area contributed by atoms with Crippen LogP contribution in [0.2, 0.25) is 5.15 Å². The number of fused-ring (bicyclic) bond motifs is 1. The van der Waals surface area contributed by atoms with Gasteiger partial charge in [-0.05, 0) is 35.9 Å². The van der Waals surface area contributed by atoms with Crippen molar-refractivity contribution in [2.75, 3.05) is 0 Å². The average Bonchev–Trinajstić information content (AvgIpc) is 2.61. The summed E-state index contributed by atoms with van der Waals surface area (Å²) in [5.41, 5.74) is 5.04. The Labute approximate surface area is 138 Å². The van der Waals surface area contributed by atoms with E-state index in [1.807, 2.05) is 48.9 Å². The van der Waals surface area contributed by atoms with Crippen molar-refractivity contribution in [1.29, 1.82) is 0 Å². The van der Waals surface area contributed by atoms with Crippen LogP contribution in [0.15, 0.2) is 73.3 Å². The number of hydrogen-bond donors (Lipinski definition) is 0. The predicted molar refractivity (Wildman–Crippen MR) is 93.2 cm³/mol. The molecule has 0 unspecified atom stereocenters. The van der Waals surface area contributed by atoms with Crippen LogP contribution in [-0.2, 0) is 0 Å². The molecule has 0 fully saturated rings. The summed E-state index contributed by atoms with van der Waals surface area (Å²) in [5, 5.41) is 1.59. The lowest BCUT2D eigenvalue weighted by atomic mass is 10.0. The van der Waals surface area contributed by atoms with E-state index in [4.69, 9.17) is 11.6 Å². The van der Waals surface area contributed by atoms with Gasteiger partial charge in [-0.3, -0.25) is 9.97 Å². The lowest BCUT2D eigenvalue weighted by molar-refractivity contribution is 1.30. The van der Waals surface area contributed by atoms with Gasteiger partial charge >= 0.3 is 0 Å². The second kappa shape index (κ2) is 5.78. The molecular formula is C19H12ClN3. The van der Waals surface area contributed by atoms with E-state index in [-0.39, 0.29) is 0 Å². The van der Waals surface area contributed by atoms with Gasteiger partial charge in [0.15, 0.2) is 0 Å². The van der Waals surface area contributed by atoms with Crippen LogP contribution in [0.5, 0.6) is 0 Å². The van der Waals surface area contributed by atoms with Crippen molar-refractivity contribution in [3.05, 3.63) is 78.5 Å². The molecule has 0 aliphatic heterocycles. The minimum atomic E-state index is 0.472. The zero-order valence-electron chi connectivity index (χ0n) is 12.1. The highest BCUT2D eigenvalue weighted by molar-refractivity contribution is 6.29. The van der Waals surface area contributed by atoms with Gasteiger partial charge in [0, 0.05) is 46.9 Å². The molecule has 110 valence electrons. The molecule has 0 amide bonds. The first-order valence-electron chi connectivity index (χ1n) is 7.22. The van der Waals surface area contributed by atoms with Crippen LogP contribution in [0.25, 0.3) is 33.2 Å². The smallest absolute Gasteiger partial charge is 0.129 e. The number of benzene rings is 1. The Morgan fingerprint density at radius 3 is 2.35 bits per heavy atom. The van der Waals surface area contributed by atoms with E-state index < -0.39 is 0 Å². The van der Waals surface area contributed by atoms with E-state index in [0.29, 0.717) is 5.15 Å². The number of rotatable bonds is 2. The van der Waals surface area contributed by atoms with Crippen LogP contribution in [0.1, 0.15) is 0 Å². The number of para-hydroxylation sites is 1. The standard InChI is InChI=1S/C19H12ClN3/c20-19-9-13(5-6-22-19)15-8-16(11-21-10-15)17-7-14-3-1-2-4-18(14)23-12-17/h1-12H. The van der Waals surface area contributed by atoms with Crippen molar-refractivity contribution in [2.24, 2.45) is 0 Å². The largest absolute Gasteiger partial charge is 0.263 e. The fourth-order valence-electron chi connectivity index (χ4n) is 2.57. The predicted octanol–water partition coefficient (Wildman–Crippen LogP) is 5.01. The summed E-state index contributed by atoms with van der Waals surface area (Å²) in [5.74, 6) is 0. The SMILES string of the molecule is Clc1cc(-c2cncc(-c3cnc4ccccc4c3)c2)ccn1. The summed E-state index contributed by atoms with van der Waals surface area (Å²) >= 11 is 5.98. The molecule has 0 spiro atoms. The Balaban J connectivity index is 1.81. The lowest BCUT2D eigenvalue weighted by Crippen LogP contribution is -1.87. The Morgan fingerprint density at radius 2 is 1.48 bits per heavy atom. The van der Waals surface area contributed by atoms with Gasteiger partial charge in [0.2, 0.25) is 0 Å². The molecule has 3 nitrogen and oxygen atoms in total. The van der Waals surface area contributed by atoms with Gasteiger partial charge in [-0.15, -0.1) is 0 Å². The molecule has 4 aromatic rings. The first-order chi connectivity index (χ1) is 11.3.